The van der Waals surface area contributed by atoms with Gasteiger partial charge in [0.05, 0.1) is 12.3 Å². The normalized spacial score (nSPS) is 12.5. The van der Waals surface area contributed by atoms with Crippen LogP contribution in [0.4, 0.5) is 4.39 Å². The number of hydrogen-bond acceptors (Lipinski definition) is 1. The van der Waals surface area contributed by atoms with Gasteiger partial charge in [-0.25, -0.2) is 4.39 Å². The SMILES string of the molecule is CC[C@H](C)[CH+]CSc1ccc(F)cc1. The third-order valence-corrected chi connectivity index (χ3v) is 3.17. The smallest absolute Gasteiger partial charge is 0.137 e. The number of thioether (sulfide) groups is 1. The second kappa shape index (κ2) is 5.97. The second-order valence-electron chi connectivity index (χ2n) is 3.39. The van der Waals surface area contributed by atoms with Crippen molar-refractivity contribution in [2.45, 2.75) is 25.2 Å². The molecule has 0 aliphatic carbocycles. The summed E-state index contributed by atoms with van der Waals surface area (Å²) in [5.74, 6) is 1.50. The molecule has 0 aliphatic rings. The molecular formula is C12H16FS+. The van der Waals surface area contributed by atoms with E-state index in [1.807, 2.05) is 12.1 Å². The van der Waals surface area contributed by atoms with Crippen LogP contribution in [-0.2, 0) is 0 Å². The fraction of sp³-hybridized carbons (Fsp3) is 0.417. The van der Waals surface area contributed by atoms with Crippen LogP contribution < -0.4 is 0 Å². The van der Waals surface area contributed by atoms with Gasteiger partial charge < -0.3 is 0 Å². The Hall–Kier alpha value is -0.630. The quantitative estimate of drug-likeness (QED) is 0.520. The summed E-state index contributed by atoms with van der Waals surface area (Å²) in [5, 5.41) is 0. The number of halogens is 1. The number of hydrogen-bond donors (Lipinski definition) is 0. The molecule has 1 atom stereocenters. The van der Waals surface area contributed by atoms with Gasteiger partial charge in [0.2, 0.25) is 0 Å². The van der Waals surface area contributed by atoms with Crippen molar-refractivity contribution in [3.8, 4) is 0 Å². The predicted molar refractivity (Wildman–Crippen MR) is 60.9 cm³/mol. The predicted octanol–water partition coefficient (Wildman–Crippen LogP) is 4.17. The maximum absolute atomic E-state index is 12.6. The molecule has 2 heteroatoms. The highest BCUT2D eigenvalue weighted by Crippen LogP contribution is 2.20. The number of benzene rings is 1. The van der Waals surface area contributed by atoms with E-state index in [2.05, 4.69) is 20.3 Å². The van der Waals surface area contributed by atoms with Crippen molar-refractivity contribution in [2.75, 3.05) is 5.75 Å². The molecule has 0 saturated carbocycles. The third kappa shape index (κ3) is 4.05. The summed E-state index contributed by atoms with van der Waals surface area (Å²) < 4.78 is 12.6. The topological polar surface area (TPSA) is 0 Å². The first-order chi connectivity index (χ1) is 6.72. The zero-order chi connectivity index (χ0) is 10.4. The van der Waals surface area contributed by atoms with Gasteiger partial charge in [0.15, 0.2) is 0 Å². The van der Waals surface area contributed by atoms with Crippen LogP contribution in [0.1, 0.15) is 20.3 Å². The summed E-state index contributed by atoms with van der Waals surface area (Å²) >= 11 is 1.75. The molecule has 0 N–H and O–H groups in total. The summed E-state index contributed by atoms with van der Waals surface area (Å²) in [4.78, 5) is 1.13. The minimum atomic E-state index is -0.166. The van der Waals surface area contributed by atoms with E-state index in [0.717, 1.165) is 10.6 Å². The van der Waals surface area contributed by atoms with E-state index in [-0.39, 0.29) is 5.82 Å². The molecular weight excluding hydrogens is 195 g/mol. The standard InChI is InChI=1S/C12H16FS/c1-3-10(2)8-9-14-12-6-4-11(13)5-7-12/h4-8,10H,3,9H2,1-2H3/q+1/t10-/m0/s1. The molecule has 0 nitrogen and oxygen atoms in total. The Bertz CT molecular complexity index is 256. The molecule has 0 radical (unpaired) electrons. The van der Waals surface area contributed by atoms with Crippen LogP contribution in [0.2, 0.25) is 0 Å². The maximum atomic E-state index is 12.6. The summed E-state index contributed by atoms with van der Waals surface area (Å²) in [6, 6.07) is 6.66. The van der Waals surface area contributed by atoms with E-state index in [1.165, 1.54) is 18.6 Å². The van der Waals surface area contributed by atoms with E-state index in [4.69, 9.17) is 0 Å². The molecule has 14 heavy (non-hydrogen) atoms. The van der Waals surface area contributed by atoms with Gasteiger partial charge in [-0.3, -0.25) is 0 Å². The highest BCUT2D eigenvalue weighted by atomic mass is 32.2. The Labute approximate surface area is 89.9 Å². The van der Waals surface area contributed by atoms with Gasteiger partial charge in [-0.1, -0.05) is 18.7 Å². The van der Waals surface area contributed by atoms with E-state index in [9.17, 15) is 4.39 Å². The molecule has 0 saturated heterocycles. The molecule has 0 bridgehead atoms. The lowest BCUT2D eigenvalue weighted by atomic mass is 10.1. The van der Waals surface area contributed by atoms with Crippen LogP contribution in [0, 0.1) is 18.2 Å². The molecule has 0 aliphatic heterocycles. The van der Waals surface area contributed by atoms with Crippen molar-refractivity contribution < 1.29 is 4.39 Å². The van der Waals surface area contributed by atoms with Gasteiger partial charge in [-0.05, 0) is 37.6 Å². The van der Waals surface area contributed by atoms with Gasteiger partial charge in [0.25, 0.3) is 0 Å². The summed E-state index contributed by atoms with van der Waals surface area (Å²) in [7, 11) is 0. The average Bonchev–Trinajstić information content (AvgIpc) is 2.21. The van der Waals surface area contributed by atoms with Crippen LogP contribution in [0.5, 0.6) is 0 Å². The van der Waals surface area contributed by atoms with Gasteiger partial charge in [0.1, 0.15) is 11.6 Å². The highest BCUT2D eigenvalue weighted by molar-refractivity contribution is 7.99. The molecule has 1 rings (SSSR count). The van der Waals surface area contributed by atoms with Crippen LogP contribution in [0.15, 0.2) is 29.2 Å². The maximum Gasteiger partial charge on any atom is 0.137 e. The molecule has 0 amide bonds. The zero-order valence-corrected chi connectivity index (χ0v) is 9.48. The van der Waals surface area contributed by atoms with Crippen LogP contribution in [-0.4, -0.2) is 5.75 Å². The Kier molecular flexibility index (Phi) is 4.88. The molecule has 1 aromatic carbocycles. The first kappa shape index (κ1) is 11.4. The Morgan fingerprint density at radius 2 is 2.00 bits per heavy atom. The molecule has 0 aromatic heterocycles. The van der Waals surface area contributed by atoms with Crippen molar-refractivity contribution >= 4 is 11.8 Å². The van der Waals surface area contributed by atoms with E-state index >= 15 is 0 Å². The van der Waals surface area contributed by atoms with Crippen LogP contribution in [0.25, 0.3) is 0 Å². The van der Waals surface area contributed by atoms with Gasteiger partial charge in [-0.15, -0.1) is 0 Å². The second-order valence-corrected chi connectivity index (χ2v) is 4.48. The lowest BCUT2D eigenvalue weighted by Crippen LogP contribution is -1.94. The average molecular weight is 211 g/mol. The van der Waals surface area contributed by atoms with Crippen molar-refractivity contribution in [1.29, 1.82) is 0 Å². The Morgan fingerprint density at radius 1 is 1.36 bits per heavy atom. The molecule has 76 valence electrons. The molecule has 0 fully saturated rings. The highest BCUT2D eigenvalue weighted by Gasteiger charge is 2.08. The summed E-state index contributed by atoms with van der Waals surface area (Å²) in [5.41, 5.74) is 0. The zero-order valence-electron chi connectivity index (χ0n) is 8.66. The van der Waals surface area contributed by atoms with Crippen LogP contribution in [0.3, 0.4) is 0 Å². The van der Waals surface area contributed by atoms with Crippen molar-refractivity contribution in [3.63, 3.8) is 0 Å². The summed E-state index contributed by atoms with van der Waals surface area (Å²) in [6.07, 6.45) is 3.48. The van der Waals surface area contributed by atoms with E-state index < -0.39 is 0 Å². The van der Waals surface area contributed by atoms with E-state index in [1.54, 1.807) is 11.8 Å². The van der Waals surface area contributed by atoms with Gasteiger partial charge in [-0.2, -0.15) is 0 Å². The fourth-order valence-electron chi connectivity index (χ4n) is 1.01. The molecule has 0 heterocycles. The monoisotopic (exact) mass is 211 g/mol. The lowest BCUT2D eigenvalue weighted by Gasteiger charge is -1.99. The van der Waals surface area contributed by atoms with Crippen molar-refractivity contribution in [3.05, 3.63) is 36.5 Å². The number of rotatable bonds is 5. The lowest BCUT2D eigenvalue weighted by molar-refractivity contribution is 0.626. The van der Waals surface area contributed by atoms with Crippen molar-refractivity contribution in [1.82, 2.24) is 0 Å². The minimum Gasteiger partial charge on any atom is -0.207 e. The summed E-state index contributed by atoms with van der Waals surface area (Å²) in [6.45, 7) is 4.40. The fourth-order valence-corrected chi connectivity index (χ4v) is 1.95. The first-order valence-electron chi connectivity index (χ1n) is 4.94. The minimum absolute atomic E-state index is 0.166. The van der Waals surface area contributed by atoms with Gasteiger partial charge >= 0.3 is 0 Å². The molecule has 0 unspecified atom stereocenters. The Balaban J connectivity index is 2.28. The first-order valence-corrected chi connectivity index (χ1v) is 5.92. The largest absolute Gasteiger partial charge is 0.207 e. The van der Waals surface area contributed by atoms with Crippen molar-refractivity contribution in [2.24, 2.45) is 5.92 Å². The third-order valence-electron chi connectivity index (χ3n) is 2.21. The van der Waals surface area contributed by atoms with Gasteiger partial charge in [0, 0.05) is 4.90 Å². The Morgan fingerprint density at radius 3 is 2.57 bits per heavy atom. The van der Waals surface area contributed by atoms with Crippen LogP contribution >= 0.6 is 11.8 Å². The molecule has 1 aromatic rings. The molecule has 0 spiro atoms. The van der Waals surface area contributed by atoms with E-state index in [0.29, 0.717) is 5.92 Å².